The van der Waals surface area contributed by atoms with Gasteiger partial charge in [0.2, 0.25) is 0 Å². The molecule has 0 unspecified atom stereocenters. The smallest absolute Gasteiger partial charge is 0.163 e. The van der Waals surface area contributed by atoms with Gasteiger partial charge in [-0.15, -0.1) is 0 Å². The van der Waals surface area contributed by atoms with Gasteiger partial charge in [-0.2, -0.15) is 5.26 Å². The first-order valence-electron chi connectivity index (χ1n) is 4.82. The first-order chi connectivity index (χ1) is 8.22. The molecule has 0 atom stereocenters. The predicted octanol–water partition coefficient (Wildman–Crippen LogP) is 2.03. The number of anilines is 1. The molecule has 0 radical (unpaired) electrons. The standard InChI is InChI=1S/C12H9N3O2/c13-6-8-4-5-15-7-11(8)17-10-3-1-2-9(16)12(10)14/h1-5,7,16H,14H2. The van der Waals surface area contributed by atoms with Crippen LogP contribution >= 0.6 is 0 Å². The van der Waals surface area contributed by atoms with Crippen LogP contribution in [-0.4, -0.2) is 10.1 Å². The van der Waals surface area contributed by atoms with Crippen molar-refractivity contribution in [2.24, 2.45) is 0 Å². The van der Waals surface area contributed by atoms with E-state index in [4.69, 9.17) is 15.7 Å². The number of pyridine rings is 1. The number of phenolic OH excluding ortho intramolecular Hbond substituents is 1. The van der Waals surface area contributed by atoms with E-state index >= 15 is 0 Å². The third kappa shape index (κ3) is 2.11. The maximum absolute atomic E-state index is 9.42. The van der Waals surface area contributed by atoms with Crippen molar-refractivity contribution in [2.75, 3.05) is 5.73 Å². The van der Waals surface area contributed by atoms with Crippen LogP contribution in [0.15, 0.2) is 36.7 Å². The third-order valence-electron chi connectivity index (χ3n) is 2.17. The van der Waals surface area contributed by atoms with Crippen molar-refractivity contribution in [3.05, 3.63) is 42.2 Å². The molecule has 1 aromatic carbocycles. The molecule has 0 saturated heterocycles. The molecule has 2 rings (SSSR count). The van der Waals surface area contributed by atoms with E-state index in [1.165, 1.54) is 24.5 Å². The average Bonchev–Trinajstić information content (AvgIpc) is 2.35. The number of para-hydroxylation sites is 1. The van der Waals surface area contributed by atoms with Gasteiger partial charge >= 0.3 is 0 Å². The fourth-order valence-electron chi connectivity index (χ4n) is 1.29. The first kappa shape index (κ1) is 10.8. The highest BCUT2D eigenvalue weighted by molar-refractivity contribution is 5.63. The van der Waals surface area contributed by atoms with Gasteiger partial charge in [-0.25, -0.2) is 0 Å². The summed E-state index contributed by atoms with van der Waals surface area (Å²) in [5.74, 6) is 0.520. The number of nitrogens with zero attached hydrogens (tertiary/aromatic N) is 2. The quantitative estimate of drug-likeness (QED) is 0.605. The zero-order chi connectivity index (χ0) is 12.3. The summed E-state index contributed by atoms with van der Waals surface area (Å²) in [6.07, 6.45) is 2.92. The molecule has 0 spiro atoms. The topological polar surface area (TPSA) is 92.2 Å². The molecular weight excluding hydrogens is 218 g/mol. The number of nitrogens with two attached hydrogens (primary N) is 1. The molecular formula is C12H9N3O2. The van der Waals surface area contributed by atoms with E-state index in [0.29, 0.717) is 11.3 Å². The van der Waals surface area contributed by atoms with Gasteiger partial charge in [-0.05, 0) is 18.2 Å². The minimum atomic E-state index is -0.0649. The maximum Gasteiger partial charge on any atom is 0.163 e. The van der Waals surface area contributed by atoms with Crippen molar-refractivity contribution in [1.82, 2.24) is 4.98 Å². The van der Waals surface area contributed by atoms with Crippen molar-refractivity contribution in [3.63, 3.8) is 0 Å². The Labute approximate surface area is 97.7 Å². The third-order valence-corrected chi connectivity index (χ3v) is 2.17. The summed E-state index contributed by atoms with van der Waals surface area (Å²) in [7, 11) is 0. The summed E-state index contributed by atoms with van der Waals surface area (Å²) in [4.78, 5) is 3.86. The Kier molecular flexibility index (Phi) is 2.79. The van der Waals surface area contributed by atoms with Gasteiger partial charge in [-0.3, -0.25) is 4.98 Å². The first-order valence-corrected chi connectivity index (χ1v) is 4.82. The van der Waals surface area contributed by atoms with Gasteiger partial charge in [0.05, 0.1) is 11.8 Å². The SMILES string of the molecule is N#Cc1ccncc1Oc1cccc(O)c1N. The van der Waals surface area contributed by atoms with Crippen LogP contribution in [-0.2, 0) is 0 Å². The monoisotopic (exact) mass is 227 g/mol. The highest BCUT2D eigenvalue weighted by Gasteiger charge is 2.09. The molecule has 0 fully saturated rings. The van der Waals surface area contributed by atoms with Crippen molar-refractivity contribution in [3.8, 4) is 23.3 Å². The van der Waals surface area contributed by atoms with E-state index in [1.54, 1.807) is 12.1 Å². The highest BCUT2D eigenvalue weighted by atomic mass is 16.5. The molecule has 2 aromatic rings. The van der Waals surface area contributed by atoms with Gasteiger partial charge in [0.25, 0.3) is 0 Å². The molecule has 84 valence electrons. The Balaban J connectivity index is 2.39. The number of rotatable bonds is 2. The summed E-state index contributed by atoms with van der Waals surface area (Å²) < 4.78 is 5.44. The minimum Gasteiger partial charge on any atom is -0.506 e. The van der Waals surface area contributed by atoms with Crippen molar-refractivity contribution in [2.45, 2.75) is 0 Å². The molecule has 0 aliphatic carbocycles. The number of nitrogen functional groups attached to an aromatic ring is 1. The Bertz CT molecular complexity index is 591. The van der Waals surface area contributed by atoms with Crippen molar-refractivity contribution < 1.29 is 9.84 Å². The minimum absolute atomic E-state index is 0.0649. The van der Waals surface area contributed by atoms with Crippen LogP contribution in [0.4, 0.5) is 5.69 Å². The van der Waals surface area contributed by atoms with Crippen molar-refractivity contribution >= 4 is 5.69 Å². The molecule has 0 aliphatic rings. The van der Waals surface area contributed by atoms with Crippen LogP contribution in [0.25, 0.3) is 0 Å². The maximum atomic E-state index is 9.42. The molecule has 0 amide bonds. The Morgan fingerprint density at radius 3 is 2.88 bits per heavy atom. The lowest BCUT2D eigenvalue weighted by Gasteiger charge is -2.09. The largest absolute Gasteiger partial charge is 0.506 e. The summed E-state index contributed by atoms with van der Waals surface area (Å²) in [6.45, 7) is 0. The van der Waals surface area contributed by atoms with Crippen LogP contribution in [0.1, 0.15) is 5.56 Å². The number of aromatic hydroxyl groups is 1. The van der Waals surface area contributed by atoms with E-state index in [0.717, 1.165) is 0 Å². The van der Waals surface area contributed by atoms with Gasteiger partial charge in [-0.1, -0.05) is 6.07 Å². The van der Waals surface area contributed by atoms with E-state index < -0.39 is 0 Å². The van der Waals surface area contributed by atoms with Crippen LogP contribution in [0.3, 0.4) is 0 Å². The molecule has 5 heteroatoms. The van der Waals surface area contributed by atoms with E-state index in [1.807, 2.05) is 6.07 Å². The lowest BCUT2D eigenvalue weighted by Crippen LogP contribution is -1.94. The summed E-state index contributed by atoms with van der Waals surface area (Å²) in [5, 5.41) is 18.3. The molecule has 0 saturated carbocycles. The normalized spacial score (nSPS) is 9.59. The molecule has 1 heterocycles. The average molecular weight is 227 g/mol. The van der Waals surface area contributed by atoms with Gasteiger partial charge in [0, 0.05) is 6.20 Å². The Morgan fingerprint density at radius 1 is 1.29 bits per heavy atom. The number of nitriles is 1. The molecule has 1 aromatic heterocycles. The highest BCUT2D eigenvalue weighted by Crippen LogP contribution is 2.34. The van der Waals surface area contributed by atoms with Crippen LogP contribution in [0.5, 0.6) is 17.2 Å². The summed E-state index contributed by atoms with van der Waals surface area (Å²) in [5.41, 5.74) is 6.12. The summed E-state index contributed by atoms with van der Waals surface area (Å²) in [6, 6.07) is 8.17. The second kappa shape index (κ2) is 4.41. The van der Waals surface area contributed by atoms with Crippen molar-refractivity contribution in [1.29, 1.82) is 5.26 Å². The molecule has 3 N–H and O–H groups in total. The van der Waals surface area contributed by atoms with Crippen LogP contribution < -0.4 is 10.5 Å². The molecule has 0 bridgehead atoms. The zero-order valence-corrected chi connectivity index (χ0v) is 8.79. The van der Waals surface area contributed by atoms with E-state index in [9.17, 15) is 5.11 Å². The van der Waals surface area contributed by atoms with Gasteiger partial charge in [0.1, 0.15) is 17.5 Å². The molecule has 0 aliphatic heterocycles. The number of hydrogen-bond acceptors (Lipinski definition) is 5. The molecule has 17 heavy (non-hydrogen) atoms. The van der Waals surface area contributed by atoms with E-state index in [-0.39, 0.29) is 17.2 Å². The lowest BCUT2D eigenvalue weighted by molar-refractivity contribution is 0.458. The van der Waals surface area contributed by atoms with Crippen LogP contribution in [0.2, 0.25) is 0 Å². The Hall–Kier alpha value is -2.74. The fourth-order valence-corrected chi connectivity index (χ4v) is 1.29. The second-order valence-electron chi connectivity index (χ2n) is 3.27. The lowest BCUT2D eigenvalue weighted by atomic mass is 10.2. The predicted molar refractivity (Wildman–Crippen MR) is 61.5 cm³/mol. The number of phenols is 1. The second-order valence-corrected chi connectivity index (χ2v) is 3.27. The number of benzene rings is 1. The fraction of sp³-hybridized carbons (Fsp3) is 0. The number of hydrogen-bond donors (Lipinski definition) is 2. The Morgan fingerprint density at radius 2 is 2.12 bits per heavy atom. The van der Waals surface area contributed by atoms with Crippen LogP contribution in [0, 0.1) is 11.3 Å². The molecule has 5 nitrogen and oxygen atoms in total. The van der Waals surface area contributed by atoms with Gasteiger partial charge < -0.3 is 15.6 Å². The number of ether oxygens (including phenoxy) is 1. The summed E-state index contributed by atoms with van der Waals surface area (Å²) >= 11 is 0. The van der Waals surface area contributed by atoms with E-state index in [2.05, 4.69) is 4.98 Å². The zero-order valence-electron chi connectivity index (χ0n) is 8.79. The van der Waals surface area contributed by atoms with Gasteiger partial charge in [0.15, 0.2) is 11.5 Å². The number of aromatic nitrogens is 1.